The van der Waals surface area contributed by atoms with Gasteiger partial charge in [-0.25, -0.2) is 0 Å². The van der Waals surface area contributed by atoms with Crippen molar-refractivity contribution in [3.8, 4) is 6.07 Å². The van der Waals surface area contributed by atoms with Crippen LogP contribution in [0.1, 0.15) is 18.9 Å². The molecule has 0 aromatic heterocycles. The number of anilines is 1. The van der Waals surface area contributed by atoms with Crippen LogP contribution in [0.4, 0.5) is 18.9 Å². The van der Waals surface area contributed by atoms with Crippen molar-refractivity contribution in [2.75, 3.05) is 12.4 Å². The Balaban J connectivity index is 2.73. The van der Waals surface area contributed by atoms with Crippen molar-refractivity contribution in [2.24, 2.45) is 0 Å². The molecule has 0 radical (unpaired) electrons. The molecule has 1 N–H and O–H groups in total. The van der Waals surface area contributed by atoms with Gasteiger partial charge in [0, 0.05) is 18.8 Å². The Hall–Kier alpha value is -2.56. The zero-order valence-corrected chi connectivity index (χ0v) is 11.9. The lowest BCUT2D eigenvalue weighted by Gasteiger charge is -2.22. The largest absolute Gasteiger partial charge is 0.416 e. The number of amides is 2. The van der Waals surface area contributed by atoms with Crippen molar-refractivity contribution in [3.63, 3.8) is 0 Å². The Morgan fingerprint density at radius 3 is 2.32 bits per heavy atom. The van der Waals surface area contributed by atoms with Crippen LogP contribution in [0.5, 0.6) is 0 Å². The lowest BCUT2D eigenvalue weighted by Crippen LogP contribution is -2.42. The van der Waals surface area contributed by atoms with E-state index >= 15 is 0 Å². The number of carbonyl (C=O) groups excluding carboxylic acids is 2. The molecule has 0 fully saturated rings. The summed E-state index contributed by atoms with van der Waals surface area (Å²) in [6.45, 7) is 1.60. The van der Waals surface area contributed by atoms with Gasteiger partial charge in [0.25, 0.3) is 0 Å². The zero-order valence-electron chi connectivity index (χ0n) is 11.9. The Morgan fingerprint density at radius 1 is 1.32 bits per heavy atom. The number of carbonyl (C=O) groups is 2. The summed E-state index contributed by atoms with van der Waals surface area (Å²) >= 11 is 0. The predicted molar refractivity (Wildman–Crippen MR) is 72.5 cm³/mol. The number of halogens is 3. The van der Waals surface area contributed by atoms with Crippen molar-refractivity contribution in [3.05, 3.63) is 29.8 Å². The first-order valence-corrected chi connectivity index (χ1v) is 6.29. The highest BCUT2D eigenvalue weighted by molar-refractivity contribution is 6.39. The fourth-order valence-electron chi connectivity index (χ4n) is 1.56. The minimum atomic E-state index is -4.47. The average molecular weight is 313 g/mol. The highest BCUT2D eigenvalue weighted by Gasteiger charge is 2.30. The van der Waals surface area contributed by atoms with Crippen LogP contribution in [0, 0.1) is 11.3 Å². The Kier molecular flexibility index (Phi) is 5.51. The zero-order chi connectivity index (χ0) is 16.9. The third-order valence-electron chi connectivity index (χ3n) is 3.03. The number of nitriles is 1. The maximum Gasteiger partial charge on any atom is 0.416 e. The molecule has 0 heterocycles. The summed E-state index contributed by atoms with van der Waals surface area (Å²) < 4.78 is 37.2. The molecule has 1 atom stereocenters. The molecule has 8 heteroatoms. The normalized spacial score (nSPS) is 12.2. The molecule has 0 aliphatic heterocycles. The van der Waals surface area contributed by atoms with E-state index in [4.69, 9.17) is 5.26 Å². The van der Waals surface area contributed by atoms with Gasteiger partial charge < -0.3 is 10.2 Å². The summed E-state index contributed by atoms with van der Waals surface area (Å²) in [5.74, 6) is -1.85. The summed E-state index contributed by atoms with van der Waals surface area (Å²) in [6.07, 6.45) is -4.40. The highest BCUT2D eigenvalue weighted by atomic mass is 19.4. The molecule has 0 unspecified atom stereocenters. The topological polar surface area (TPSA) is 73.2 Å². The molecule has 2 amide bonds. The van der Waals surface area contributed by atoms with E-state index < -0.39 is 29.6 Å². The van der Waals surface area contributed by atoms with Crippen molar-refractivity contribution < 1.29 is 22.8 Å². The van der Waals surface area contributed by atoms with Gasteiger partial charge in [0.2, 0.25) is 0 Å². The molecule has 0 aliphatic rings. The van der Waals surface area contributed by atoms with Gasteiger partial charge in [0.1, 0.15) is 0 Å². The van der Waals surface area contributed by atoms with Crippen molar-refractivity contribution in [2.45, 2.75) is 25.6 Å². The molecule has 1 aromatic carbocycles. The molecule has 1 rings (SSSR count). The van der Waals surface area contributed by atoms with E-state index in [9.17, 15) is 22.8 Å². The first-order valence-electron chi connectivity index (χ1n) is 6.29. The molecule has 0 saturated carbocycles. The van der Waals surface area contributed by atoms with Gasteiger partial charge in [0.05, 0.1) is 18.1 Å². The summed E-state index contributed by atoms with van der Waals surface area (Å²) in [7, 11) is 1.37. The van der Waals surface area contributed by atoms with Gasteiger partial charge in [-0.15, -0.1) is 0 Å². The number of nitrogens with zero attached hydrogens (tertiary/aromatic N) is 2. The van der Waals surface area contributed by atoms with Gasteiger partial charge >= 0.3 is 18.0 Å². The fraction of sp³-hybridized carbons (Fsp3) is 0.357. The molecular formula is C14H14F3N3O2. The van der Waals surface area contributed by atoms with Crippen LogP contribution in [0.25, 0.3) is 0 Å². The SMILES string of the molecule is C[C@H](CC#N)N(C)C(=O)C(=O)Nc1ccc(C(F)(F)F)cc1. The summed E-state index contributed by atoms with van der Waals surface area (Å²) in [5.41, 5.74) is -0.774. The standard InChI is InChI=1S/C14H14F3N3O2/c1-9(7-8-18)20(2)13(22)12(21)19-11-5-3-10(4-6-11)14(15,16)17/h3-6,9H,7H2,1-2H3,(H,19,21)/t9-/m1/s1. The van der Waals surface area contributed by atoms with Crippen LogP contribution >= 0.6 is 0 Å². The van der Waals surface area contributed by atoms with Crippen LogP contribution < -0.4 is 5.32 Å². The van der Waals surface area contributed by atoms with E-state index in [1.807, 2.05) is 6.07 Å². The number of benzene rings is 1. The monoisotopic (exact) mass is 313 g/mol. The van der Waals surface area contributed by atoms with E-state index in [0.29, 0.717) is 0 Å². The van der Waals surface area contributed by atoms with Crippen LogP contribution in [-0.2, 0) is 15.8 Å². The second-order valence-electron chi connectivity index (χ2n) is 4.66. The fourth-order valence-corrected chi connectivity index (χ4v) is 1.56. The van der Waals surface area contributed by atoms with Crippen molar-refractivity contribution in [1.29, 1.82) is 5.26 Å². The highest BCUT2D eigenvalue weighted by Crippen LogP contribution is 2.29. The minimum absolute atomic E-state index is 0.0653. The number of hydrogen-bond acceptors (Lipinski definition) is 3. The van der Waals surface area contributed by atoms with E-state index in [1.165, 1.54) is 7.05 Å². The average Bonchev–Trinajstić information content (AvgIpc) is 2.45. The summed E-state index contributed by atoms with van der Waals surface area (Å²) in [4.78, 5) is 24.7. The lowest BCUT2D eigenvalue weighted by molar-refractivity contribution is -0.143. The smallest absolute Gasteiger partial charge is 0.334 e. The van der Waals surface area contributed by atoms with Crippen LogP contribution in [0.2, 0.25) is 0 Å². The molecule has 118 valence electrons. The van der Waals surface area contributed by atoms with Crippen LogP contribution in [0.15, 0.2) is 24.3 Å². The second-order valence-corrected chi connectivity index (χ2v) is 4.66. The predicted octanol–water partition coefficient (Wildman–Crippen LogP) is 2.40. The van der Waals surface area contributed by atoms with Gasteiger partial charge in [-0.3, -0.25) is 9.59 Å². The number of rotatable bonds is 3. The maximum atomic E-state index is 12.4. The van der Waals surface area contributed by atoms with Crippen molar-refractivity contribution >= 4 is 17.5 Å². The molecular weight excluding hydrogens is 299 g/mol. The molecule has 0 bridgehead atoms. The van der Waals surface area contributed by atoms with Crippen molar-refractivity contribution in [1.82, 2.24) is 4.90 Å². The van der Waals surface area contributed by atoms with Gasteiger partial charge in [-0.05, 0) is 31.2 Å². The number of alkyl halides is 3. The first-order chi connectivity index (χ1) is 10.2. The van der Waals surface area contributed by atoms with Crippen LogP contribution in [0.3, 0.4) is 0 Å². The quantitative estimate of drug-likeness (QED) is 0.871. The Morgan fingerprint density at radius 2 is 1.86 bits per heavy atom. The molecule has 0 spiro atoms. The van der Waals surface area contributed by atoms with E-state index in [0.717, 1.165) is 29.2 Å². The lowest BCUT2D eigenvalue weighted by atomic mass is 10.2. The Bertz CT molecular complexity index is 591. The minimum Gasteiger partial charge on any atom is -0.334 e. The summed E-state index contributed by atoms with van der Waals surface area (Å²) in [5, 5.41) is 10.8. The number of nitrogens with one attached hydrogen (secondary N) is 1. The third-order valence-corrected chi connectivity index (χ3v) is 3.03. The molecule has 22 heavy (non-hydrogen) atoms. The van der Waals surface area contributed by atoms with Gasteiger partial charge in [-0.2, -0.15) is 18.4 Å². The van der Waals surface area contributed by atoms with E-state index in [2.05, 4.69) is 5.32 Å². The number of likely N-dealkylation sites (N-methyl/N-ethyl adjacent to an activating group) is 1. The summed E-state index contributed by atoms with van der Waals surface area (Å²) in [6, 6.07) is 5.17. The van der Waals surface area contributed by atoms with E-state index in [1.54, 1.807) is 6.92 Å². The van der Waals surface area contributed by atoms with Gasteiger partial charge in [-0.1, -0.05) is 0 Å². The second kappa shape index (κ2) is 6.93. The first kappa shape index (κ1) is 17.5. The van der Waals surface area contributed by atoms with Gasteiger partial charge in [0.15, 0.2) is 0 Å². The van der Waals surface area contributed by atoms with E-state index in [-0.39, 0.29) is 12.1 Å². The van der Waals surface area contributed by atoms with Crippen LogP contribution in [-0.4, -0.2) is 29.8 Å². The molecule has 5 nitrogen and oxygen atoms in total. The molecule has 1 aromatic rings. The molecule has 0 aliphatic carbocycles. The Labute approximate surface area is 125 Å². The number of hydrogen-bond donors (Lipinski definition) is 1. The molecule has 0 saturated heterocycles. The maximum absolute atomic E-state index is 12.4. The third kappa shape index (κ3) is 4.48.